The number of esters is 1. The van der Waals surface area contributed by atoms with Crippen LogP contribution in [0.4, 0.5) is 4.39 Å². The molecule has 1 aromatic carbocycles. The number of benzene rings is 1. The summed E-state index contributed by atoms with van der Waals surface area (Å²) in [5, 5.41) is 15.1. The van der Waals surface area contributed by atoms with Crippen LogP contribution in [0.5, 0.6) is 0 Å². The summed E-state index contributed by atoms with van der Waals surface area (Å²) in [4.78, 5) is 44.0. The lowest BCUT2D eigenvalue weighted by molar-refractivity contribution is -0.172. The van der Waals surface area contributed by atoms with Crippen molar-refractivity contribution in [3.8, 4) is 11.4 Å². The fourth-order valence-corrected chi connectivity index (χ4v) is 6.22. The number of hydrogen-bond donors (Lipinski definition) is 2. The van der Waals surface area contributed by atoms with E-state index < -0.39 is 23.2 Å². The van der Waals surface area contributed by atoms with Gasteiger partial charge < -0.3 is 24.5 Å². The van der Waals surface area contributed by atoms with Crippen molar-refractivity contribution in [3.63, 3.8) is 0 Å². The van der Waals surface area contributed by atoms with Crippen molar-refractivity contribution in [3.05, 3.63) is 61.7 Å². The number of aryl methyl sites for hydroxylation is 1. The van der Waals surface area contributed by atoms with Crippen LogP contribution in [0.15, 0.2) is 16.9 Å². The Morgan fingerprint density at radius 1 is 1.27 bits per heavy atom. The van der Waals surface area contributed by atoms with E-state index >= 15 is 4.39 Å². The molecule has 2 aromatic heterocycles. The second kappa shape index (κ2) is 8.94. The zero-order valence-electron chi connectivity index (χ0n) is 23.2. The first kappa shape index (κ1) is 26.6. The van der Waals surface area contributed by atoms with Crippen molar-refractivity contribution in [2.24, 2.45) is 0 Å². The number of aromatic nitrogens is 2. The molecule has 3 aliphatic rings. The molecule has 1 aliphatic carbocycles. The van der Waals surface area contributed by atoms with E-state index in [0.717, 1.165) is 22.1 Å². The lowest BCUT2D eigenvalue weighted by Gasteiger charge is -2.31. The van der Waals surface area contributed by atoms with E-state index in [4.69, 9.17) is 14.5 Å². The summed E-state index contributed by atoms with van der Waals surface area (Å²) in [5.41, 5.74) is 1.94. The smallest absolute Gasteiger partial charge is 0.343 e. The molecule has 2 aliphatic heterocycles. The lowest BCUT2D eigenvalue weighted by atomic mass is 9.81. The first-order chi connectivity index (χ1) is 18.8. The van der Waals surface area contributed by atoms with Crippen LogP contribution in [0, 0.1) is 12.7 Å². The minimum atomic E-state index is -1.95. The number of nitrogens with zero attached hydrogens (tertiary/aromatic N) is 2. The van der Waals surface area contributed by atoms with Crippen molar-refractivity contribution in [2.45, 2.75) is 84.3 Å². The van der Waals surface area contributed by atoms with Gasteiger partial charge in [-0.25, -0.2) is 14.2 Å². The number of amides is 1. The Balaban J connectivity index is 1.55. The Labute approximate surface area is 230 Å². The van der Waals surface area contributed by atoms with Crippen LogP contribution in [-0.2, 0) is 44.2 Å². The van der Waals surface area contributed by atoms with Gasteiger partial charge in [0.25, 0.3) is 5.56 Å². The van der Waals surface area contributed by atoms with Crippen molar-refractivity contribution in [2.75, 3.05) is 6.61 Å². The number of rotatable bonds is 4. The normalized spacial score (nSPS) is 21.1. The highest BCUT2D eigenvalue weighted by Gasteiger charge is 2.46. The van der Waals surface area contributed by atoms with Gasteiger partial charge in [-0.1, -0.05) is 6.92 Å². The van der Waals surface area contributed by atoms with Crippen LogP contribution in [-0.4, -0.2) is 38.7 Å². The van der Waals surface area contributed by atoms with E-state index in [9.17, 15) is 19.5 Å². The monoisotopic (exact) mass is 549 g/mol. The summed E-state index contributed by atoms with van der Waals surface area (Å²) >= 11 is 0. The molecule has 0 radical (unpaired) electrons. The quantitative estimate of drug-likeness (QED) is 0.374. The molecule has 0 unspecified atom stereocenters. The summed E-state index contributed by atoms with van der Waals surface area (Å²) in [5.74, 6) is -1.44. The average Bonchev–Trinajstić information content (AvgIpc) is 3.27. The van der Waals surface area contributed by atoms with Crippen LogP contribution in [0.2, 0.25) is 0 Å². The van der Waals surface area contributed by atoms with Crippen molar-refractivity contribution >= 4 is 22.8 Å². The number of hydrogen-bond acceptors (Lipinski definition) is 7. The predicted molar refractivity (Wildman–Crippen MR) is 144 cm³/mol. The van der Waals surface area contributed by atoms with Gasteiger partial charge in [-0.2, -0.15) is 0 Å². The molecule has 0 saturated carbocycles. The van der Waals surface area contributed by atoms with Gasteiger partial charge in [-0.3, -0.25) is 9.59 Å². The van der Waals surface area contributed by atoms with Crippen molar-refractivity contribution < 1.29 is 28.6 Å². The summed E-state index contributed by atoms with van der Waals surface area (Å²) in [6.45, 7) is 8.87. The van der Waals surface area contributed by atoms with Gasteiger partial charge in [0.2, 0.25) is 5.91 Å². The standard InChI is InChI=1S/C30H32FN3O6/c1-6-30(38)18-9-22-26-16(11-34(22)27(36)17(18)12-39-28(30)37)25-20(32-23(35)13-40-29(3,4)5)8-7-15-14(2)19(31)10-21(33-26)24(15)25/h9-10,20,38H,6-8,11-13H2,1-5H3,(H,32,35)/t20-,30-/m0/s1. The molecule has 3 aromatic rings. The van der Waals surface area contributed by atoms with Gasteiger partial charge in [-0.05, 0) is 69.7 Å². The third-order valence-electron chi connectivity index (χ3n) is 8.35. The molecule has 1 amide bonds. The number of carbonyl (C=O) groups excluding carboxylic acids is 2. The first-order valence-corrected chi connectivity index (χ1v) is 13.6. The van der Waals surface area contributed by atoms with E-state index in [1.165, 1.54) is 6.07 Å². The molecule has 0 bridgehead atoms. The summed E-state index contributed by atoms with van der Waals surface area (Å²) < 4.78 is 27.4. The number of nitrogens with one attached hydrogen (secondary N) is 1. The Kier molecular flexibility index (Phi) is 5.94. The molecular formula is C30H32FN3O6. The maximum atomic E-state index is 15.0. The maximum absolute atomic E-state index is 15.0. The molecule has 210 valence electrons. The third kappa shape index (κ3) is 3.88. The second-order valence-corrected chi connectivity index (χ2v) is 11.9. The Hall–Kier alpha value is -3.63. The van der Waals surface area contributed by atoms with Crippen LogP contribution < -0.4 is 10.9 Å². The number of cyclic esters (lactones) is 1. The molecule has 40 heavy (non-hydrogen) atoms. The zero-order chi connectivity index (χ0) is 28.7. The number of halogens is 1. The zero-order valence-corrected chi connectivity index (χ0v) is 23.2. The van der Waals surface area contributed by atoms with Crippen LogP contribution >= 0.6 is 0 Å². The molecular weight excluding hydrogens is 517 g/mol. The van der Waals surface area contributed by atoms with Gasteiger partial charge >= 0.3 is 5.97 Å². The number of fused-ring (bicyclic) bond motifs is 5. The summed E-state index contributed by atoms with van der Waals surface area (Å²) in [7, 11) is 0. The fourth-order valence-electron chi connectivity index (χ4n) is 6.22. The maximum Gasteiger partial charge on any atom is 0.343 e. The molecule has 6 rings (SSSR count). The molecule has 0 saturated heterocycles. The van der Waals surface area contributed by atoms with Crippen LogP contribution in [0.25, 0.3) is 22.3 Å². The van der Waals surface area contributed by atoms with Gasteiger partial charge in [-0.15, -0.1) is 0 Å². The molecule has 4 heterocycles. The highest BCUT2D eigenvalue weighted by atomic mass is 19.1. The Bertz CT molecular complexity index is 1690. The van der Waals surface area contributed by atoms with Gasteiger partial charge in [0.05, 0.1) is 40.7 Å². The van der Waals surface area contributed by atoms with Gasteiger partial charge in [0, 0.05) is 22.6 Å². The minimum Gasteiger partial charge on any atom is -0.458 e. The SMILES string of the molecule is CC[C@@]1(O)C(=O)OCc2c1cc1n(c2=O)Cc2c-1nc1cc(F)c(C)c3c1c2[C@@H](NC(=O)COC(C)(C)C)CC3. The fraction of sp³-hybridized carbons (Fsp3) is 0.467. The number of aliphatic hydroxyl groups is 1. The predicted octanol–water partition coefficient (Wildman–Crippen LogP) is 3.45. The van der Waals surface area contributed by atoms with E-state index in [0.29, 0.717) is 35.3 Å². The highest BCUT2D eigenvalue weighted by Crippen LogP contribution is 2.45. The lowest BCUT2D eigenvalue weighted by Crippen LogP contribution is -2.44. The van der Waals surface area contributed by atoms with Crippen LogP contribution in [0.1, 0.15) is 80.0 Å². The molecule has 0 spiro atoms. The van der Waals surface area contributed by atoms with E-state index in [-0.39, 0.29) is 54.6 Å². The topological polar surface area (TPSA) is 120 Å². The average molecular weight is 550 g/mol. The Morgan fingerprint density at radius 3 is 2.73 bits per heavy atom. The first-order valence-electron chi connectivity index (χ1n) is 13.6. The van der Waals surface area contributed by atoms with Crippen LogP contribution in [0.3, 0.4) is 0 Å². The molecule has 10 heteroatoms. The summed E-state index contributed by atoms with van der Waals surface area (Å²) in [6, 6.07) is 2.63. The molecule has 2 N–H and O–H groups in total. The van der Waals surface area contributed by atoms with Gasteiger partial charge in [0.1, 0.15) is 19.0 Å². The summed E-state index contributed by atoms with van der Waals surface area (Å²) in [6.07, 6.45) is 1.14. The number of ether oxygens (including phenoxy) is 2. The largest absolute Gasteiger partial charge is 0.458 e. The second-order valence-electron chi connectivity index (χ2n) is 11.9. The number of carbonyl (C=O) groups is 2. The van der Waals surface area contributed by atoms with E-state index in [1.54, 1.807) is 24.5 Å². The molecule has 0 fully saturated rings. The third-order valence-corrected chi connectivity index (χ3v) is 8.35. The van der Waals surface area contributed by atoms with E-state index in [1.807, 2.05) is 20.8 Å². The highest BCUT2D eigenvalue weighted by molar-refractivity contribution is 5.94. The molecule has 2 atom stereocenters. The van der Waals surface area contributed by atoms with Crippen molar-refractivity contribution in [1.29, 1.82) is 0 Å². The van der Waals surface area contributed by atoms with Gasteiger partial charge in [0.15, 0.2) is 5.60 Å². The molecule has 9 nitrogen and oxygen atoms in total. The van der Waals surface area contributed by atoms with Crippen molar-refractivity contribution in [1.82, 2.24) is 14.9 Å². The van der Waals surface area contributed by atoms with E-state index in [2.05, 4.69) is 5.32 Å². The number of pyridine rings is 2. The minimum absolute atomic E-state index is 0.0313. The Morgan fingerprint density at radius 2 is 2.02 bits per heavy atom.